The van der Waals surface area contributed by atoms with E-state index in [1.807, 2.05) is 0 Å². The van der Waals surface area contributed by atoms with Crippen molar-refractivity contribution in [1.29, 1.82) is 0 Å². The number of rotatable bonds is 0. The average Bonchev–Trinajstić information content (AvgIpc) is 0. The minimum Gasteiger partial charge on any atom is 0 e. The van der Waals surface area contributed by atoms with E-state index in [-0.39, 0.29) is 76.9 Å². The Morgan fingerprint density at radius 3 is 1.00 bits per heavy atom. The summed E-state index contributed by atoms with van der Waals surface area (Å²) in [7, 11) is 0. The zero-order valence-corrected chi connectivity index (χ0v) is 8.46. The van der Waals surface area contributed by atoms with E-state index < -0.39 is 0 Å². The zero-order chi connectivity index (χ0) is 0. The minimum atomic E-state index is 0. The van der Waals surface area contributed by atoms with E-state index in [2.05, 4.69) is 0 Å². The normalized spacial score (nSPS) is 0. The topological polar surface area (TPSA) is 0 Å². The largest absolute Gasteiger partial charge is 0 e. The van der Waals surface area contributed by atoms with Crippen molar-refractivity contribution in [1.82, 2.24) is 0 Å². The average molecular weight is 343 g/mol. The summed E-state index contributed by atoms with van der Waals surface area (Å²) in [5.74, 6) is 0. The summed E-state index contributed by atoms with van der Waals surface area (Å²) in [6.45, 7) is 0. The first-order chi connectivity index (χ1) is 0. The van der Waals surface area contributed by atoms with E-state index in [1.165, 1.54) is 0 Å². The molecule has 0 rings (SSSR count). The van der Waals surface area contributed by atoms with E-state index in [0.29, 0.717) is 0 Å². The zero-order valence-electron chi connectivity index (χ0n) is 1.65. The van der Waals surface area contributed by atoms with E-state index in [9.17, 15) is 0 Å². The van der Waals surface area contributed by atoms with E-state index in [1.54, 1.807) is 0 Å². The summed E-state index contributed by atoms with van der Waals surface area (Å²) in [6.07, 6.45) is 0. The molecule has 0 spiro atoms. The molecule has 0 aromatic carbocycles. The molecule has 0 amide bonds. The van der Waals surface area contributed by atoms with E-state index >= 15 is 0 Å². The summed E-state index contributed by atoms with van der Waals surface area (Å²) >= 11 is 0. The molecule has 0 heterocycles. The van der Waals surface area contributed by atoms with Crippen LogP contribution in [0.5, 0.6) is 0 Å². The van der Waals surface area contributed by atoms with Crippen LogP contribution < -0.4 is 0 Å². The van der Waals surface area contributed by atoms with Crippen molar-refractivity contribution in [2.45, 2.75) is 0 Å². The summed E-state index contributed by atoms with van der Waals surface area (Å²) in [6, 6.07) is 0. The molecule has 0 fully saturated rings. The standard InChI is InChI=1S/Co.Cr.Ti.W. The SMILES string of the molecule is [Co].[Cr].[Ti].[W]. The van der Waals surface area contributed by atoms with Crippen LogP contribution >= 0.6 is 0 Å². The molecule has 0 atom stereocenters. The van der Waals surface area contributed by atoms with Crippen molar-refractivity contribution in [3.8, 4) is 0 Å². The third-order valence-electron chi connectivity index (χ3n) is 0. The summed E-state index contributed by atoms with van der Waals surface area (Å²) in [5, 5.41) is 0. The molecule has 0 saturated heterocycles. The molecule has 0 saturated carbocycles. The van der Waals surface area contributed by atoms with Crippen LogP contribution in [0.15, 0.2) is 0 Å². The third-order valence-corrected chi connectivity index (χ3v) is 0. The van der Waals surface area contributed by atoms with Gasteiger partial charge in [0, 0.05) is 76.9 Å². The Bertz CT molecular complexity index is 8.00. The maximum atomic E-state index is 0. The quantitative estimate of drug-likeness (QED) is 0.543. The van der Waals surface area contributed by atoms with E-state index in [4.69, 9.17) is 0 Å². The van der Waals surface area contributed by atoms with Gasteiger partial charge in [0.1, 0.15) is 0 Å². The second-order valence-corrected chi connectivity index (χ2v) is 0. The smallest absolute Gasteiger partial charge is 0 e. The van der Waals surface area contributed by atoms with Gasteiger partial charge in [0.2, 0.25) is 0 Å². The van der Waals surface area contributed by atoms with Crippen molar-refractivity contribution < 1.29 is 76.9 Å². The molecule has 4 heavy (non-hydrogen) atoms. The molecule has 0 aromatic rings. The van der Waals surface area contributed by atoms with Crippen LogP contribution in [-0.2, 0) is 76.9 Å². The maximum absolute atomic E-state index is 0. The predicted molar refractivity (Wildman–Crippen MR) is 0 cm³/mol. The van der Waals surface area contributed by atoms with Gasteiger partial charge in [-0.2, -0.15) is 0 Å². The van der Waals surface area contributed by atoms with Crippen LogP contribution in [0, 0.1) is 0 Å². The van der Waals surface area contributed by atoms with Gasteiger partial charge in [0.15, 0.2) is 0 Å². The first kappa shape index (κ1) is 32.0. The summed E-state index contributed by atoms with van der Waals surface area (Å²) in [5.41, 5.74) is 0. The Morgan fingerprint density at radius 2 is 1.00 bits per heavy atom. The molecule has 0 N–H and O–H groups in total. The van der Waals surface area contributed by atoms with Crippen molar-refractivity contribution in [3.05, 3.63) is 0 Å². The van der Waals surface area contributed by atoms with Gasteiger partial charge in [0.25, 0.3) is 0 Å². The van der Waals surface area contributed by atoms with Gasteiger partial charge in [-0.3, -0.25) is 0 Å². The van der Waals surface area contributed by atoms with Crippen molar-refractivity contribution in [3.63, 3.8) is 0 Å². The van der Waals surface area contributed by atoms with Crippen LogP contribution in [0.2, 0.25) is 0 Å². The molecule has 4 heteroatoms. The Labute approximate surface area is 76.0 Å². The summed E-state index contributed by atoms with van der Waals surface area (Å²) in [4.78, 5) is 0. The fourth-order valence-corrected chi connectivity index (χ4v) is 0. The van der Waals surface area contributed by atoms with Gasteiger partial charge in [-0.1, -0.05) is 0 Å². The molecule has 25 valence electrons. The van der Waals surface area contributed by atoms with Gasteiger partial charge in [0.05, 0.1) is 0 Å². The molecular weight excluding hydrogens is 343 g/mol. The second-order valence-electron chi connectivity index (χ2n) is 0. The van der Waals surface area contributed by atoms with E-state index in [0.717, 1.165) is 0 Å². The van der Waals surface area contributed by atoms with Crippen LogP contribution in [0.3, 0.4) is 0 Å². The number of hydrogen-bond donors (Lipinski definition) is 0. The Hall–Kier alpha value is 2.44. The van der Waals surface area contributed by atoms with Gasteiger partial charge in [-0.05, 0) is 0 Å². The fraction of sp³-hybridized carbons (Fsp3) is 0. The predicted octanol–water partition coefficient (Wildman–Crippen LogP) is -0.0100. The molecule has 0 aliphatic rings. The van der Waals surface area contributed by atoms with Crippen molar-refractivity contribution in [2.24, 2.45) is 0 Å². The monoisotopic (exact) mass is 343 g/mol. The molecule has 0 nitrogen and oxygen atoms in total. The first-order valence-corrected chi connectivity index (χ1v) is 0. The van der Waals surface area contributed by atoms with Gasteiger partial charge >= 0.3 is 0 Å². The van der Waals surface area contributed by atoms with Crippen LogP contribution in [-0.4, -0.2) is 0 Å². The van der Waals surface area contributed by atoms with Gasteiger partial charge in [-0.25, -0.2) is 0 Å². The first-order valence-electron chi connectivity index (χ1n) is 0. The Morgan fingerprint density at radius 1 is 1.00 bits per heavy atom. The fourth-order valence-electron chi connectivity index (χ4n) is 0. The molecule has 0 bridgehead atoms. The molecule has 0 aliphatic heterocycles. The molecule has 0 unspecified atom stereocenters. The second kappa shape index (κ2) is 18.0. The van der Waals surface area contributed by atoms with Crippen LogP contribution in [0.25, 0.3) is 0 Å². The Kier molecular flexibility index (Phi) is 144. The Balaban J connectivity index is 0. The molecule has 1 radical (unpaired) electrons. The third kappa shape index (κ3) is 8.82. The molecule has 0 aliphatic carbocycles. The van der Waals surface area contributed by atoms with Crippen LogP contribution in [0.1, 0.15) is 0 Å². The molecular formula is CoCrTiW. The summed E-state index contributed by atoms with van der Waals surface area (Å²) < 4.78 is 0. The number of hydrogen-bond acceptors (Lipinski definition) is 0. The van der Waals surface area contributed by atoms with Crippen molar-refractivity contribution >= 4 is 0 Å². The van der Waals surface area contributed by atoms with Gasteiger partial charge < -0.3 is 0 Å². The van der Waals surface area contributed by atoms with Crippen LogP contribution in [0.4, 0.5) is 0 Å². The maximum Gasteiger partial charge on any atom is 0 e. The van der Waals surface area contributed by atoms with Gasteiger partial charge in [-0.15, -0.1) is 0 Å². The van der Waals surface area contributed by atoms with Crippen molar-refractivity contribution in [2.75, 3.05) is 0 Å². The minimum absolute atomic E-state index is 0. The molecule has 0 aromatic heterocycles.